The minimum absolute atomic E-state index is 0.177. The molecule has 0 saturated carbocycles. The summed E-state index contributed by atoms with van der Waals surface area (Å²) in [6.45, 7) is 8.08. The monoisotopic (exact) mass is 294 g/mol. The normalized spacial score (nSPS) is 17.7. The third-order valence-electron chi connectivity index (χ3n) is 3.58. The van der Waals surface area contributed by atoms with E-state index in [1.165, 1.54) is 6.07 Å². The Morgan fingerprint density at radius 1 is 1.29 bits per heavy atom. The molecule has 1 aliphatic rings. The number of nitrogens with zero attached hydrogens (tertiary/aromatic N) is 2. The van der Waals surface area contributed by atoms with Crippen LogP contribution < -0.4 is 4.90 Å². The second-order valence-corrected chi connectivity index (χ2v) is 5.22. The van der Waals surface area contributed by atoms with Gasteiger partial charge in [-0.2, -0.15) is 0 Å². The quantitative estimate of drug-likeness (QED) is 0.611. The maximum absolute atomic E-state index is 13.7. The molecule has 1 N–H and O–H groups in total. The number of hydrogen-bond donors (Lipinski definition) is 1. The predicted octanol–water partition coefficient (Wildman–Crippen LogP) is 1.51. The van der Waals surface area contributed by atoms with Crippen LogP contribution >= 0.6 is 0 Å². The summed E-state index contributed by atoms with van der Waals surface area (Å²) in [4.78, 5) is 4.23. The zero-order valence-electron chi connectivity index (χ0n) is 12.2. The Balaban J connectivity index is 1.75. The molecule has 1 aromatic carbocycles. The Morgan fingerprint density at radius 3 is 2.67 bits per heavy atom. The summed E-state index contributed by atoms with van der Waals surface area (Å²) in [6, 6.07) is 6.85. The zero-order valence-corrected chi connectivity index (χ0v) is 12.2. The van der Waals surface area contributed by atoms with Crippen LogP contribution in [-0.4, -0.2) is 62.0 Å². The van der Waals surface area contributed by atoms with Gasteiger partial charge >= 0.3 is 0 Å². The van der Waals surface area contributed by atoms with Crippen LogP contribution in [0.2, 0.25) is 0 Å². The minimum atomic E-state index is -0.495. The number of hydrogen-bond acceptors (Lipinski definition) is 4. The van der Waals surface area contributed by atoms with Gasteiger partial charge in [-0.1, -0.05) is 18.2 Å². The number of aliphatic hydroxyl groups excluding tert-OH is 1. The number of β-amino-alcohol motifs (C(OH)–C–C–N with tert-alkyl or cyclic N) is 1. The highest BCUT2D eigenvalue weighted by Crippen LogP contribution is 2.20. The van der Waals surface area contributed by atoms with Gasteiger partial charge in [-0.25, -0.2) is 4.39 Å². The Bertz CT molecular complexity index is 448. The Kier molecular flexibility index (Phi) is 6.17. The van der Waals surface area contributed by atoms with Crippen LogP contribution in [0.5, 0.6) is 0 Å². The van der Waals surface area contributed by atoms with Crippen molar-refractivity contribution < 1.29 is 14.2 Å². The summed E-state index contributed by atoms with van der Waals surface area (Å²) >= 11 is 0. The van der Waals surface area contributed by atoms with Gasteiger partial charge in [0.05, 0.1) is 25.0 Å². The summed E-state index contributed by atoms with van der Waals surface area (Å²) in [5.41, 5.74) is 0.659. The van der Waals surface area contributed by atoms with Crippen molar-refractivity contribution in [3.05, 3.63) is 42.7 Å². The van der Waals surface area contributed by atoms with Crippen LogP contribution in [-0.2, 0) is 4.74 Å². The smallest absolute Gasteiger partial charge is 0.146 e. The molecule has 1 fully saturated rings. The third-order valence-corrected chi connectivity index (χ3v) is 3.58. The van der Waals surface area contributed by atoms with Crippen LogP contribution in [0, 0.1) is 5.82 Å². The molecule has 0 bridgehead atoms. The van der Waals surface area contributed by atoms with E-state index < -0.39 is 6.10 Å². The van der Waals surface area contributed by atoms with Gasteiger partial charge in [0.2, 0.25) is 0 Å². The largest absolute Gasteiger partial charge is 0.389 e. The fourth-order valence-electron chi connectivity index (χ4n) is 2.52. The van der Waals surface area contributed by atoms with E-state index in [0.717, 1.165) is 26.2 Å². The van der Waals surface area contributed by atoms with Crippen molar-refractivity contribution in [2.75, 3.05) is 50.8 Å². The summed E-state index contributed by atoms with van der Waals surface area (Å²) in [5, 5.41) is 9.88. The SMILES string of the molecule is C=CCOC[C@H](O)CN1CCN(c2ccccc2F)CC1. The average molecular weight is 294 g/mol. The number of anilines is 1. The Hall–Kier alpha value is -1.43. The van der Waals surface area contributed by atoms with E-state index in [0.29, 0.717) is 25.4 Å². The first-order valence-electron chi connectivity index (χ1n) is 7.29. The molecule has 0 amide bonds. The number of aliphatic hydroxyl groups is 1. The molecule has 0 aliphatic carbocycles. The molecule has 1 heterocycles. The van der Waals surface area contributed by atoms with Gasteiger partial charge in [-0.05, 0) is 12.1 Å². The zero-order chi connectivity index (χ0) is 15.1. The molecular formula is C16H23FN2O2. The van der Waals surface area contributed by atoms with E-state index in [1.54, 1.807) is 12.1 Å². The second kappa shape index (κ2) is 8.12. The summed E-state index contributed by atoms with van der Waals surface area (Å²) in [6.07, 6.45) is 1.17. The van der Waals surface area contributed by atoms with Crippen molar-refractivity contribution in [2.45, 2.75) is 6.10 Å². The van der Waals surface area contributed by atoms with E-state index in [-0.39, 0.29) is 5.82 Å². The first kappa shape index (κ1) is 15.9. The lowest BCUT2D eigenvalue weighted by Gasteiger charge is -2.36. The van der Waals surface area contributed by atoms with Crippen LogP contribution in [0.1, 0.15) is 0 Å². The van der Waals surface area contributed by atoms with E-state index in [9.17, 15) is 9.50 Å². The van der Waals surface area contributed by atoms with Crippen LogP contribution in [0.15, 0.2) is 36.9 Å². The highest BCUT2D eigenvalue weighted by molar-refractivity contribution is 5.47. The molecule has 5 heteroatoms. The third kappa shape index (κ3) is 4.81. The molecule has 116 valence electrons. The van der Waals surface area contributed by atoms with Crippen molar-refractivity contribution >= 4 is 5.69 Å². The van der Waals surface area contributed by atoms with Crippen LogP contribution in [0.3, 0.4) is 0 Å². The van der Waals surface area contributed by atoms with Gasteiger partial charge < -0.3 is 14.7 Å². The lowest BCUT2D eigenvalue weighted by molar-refractivity contribution is 0.0252. The van der Waals surface area contributed by atoms with Crippen molar-refractivity contribution in [3.63, 3.8) is 0 Å². The molecule has 0 radical (unpaired) electrons. The predicted molar refractivity (Wildman–Crippen MR) is 82.1 cm³/mol. The number of halogens is 1. The molecule has 21 heavy (non-hydrogen) atoms. The van der Waals surface area contributed by atoms with Gasteiger partial charge in [0, 0.05) is 32.7 Å². The summed E-state index contributed by atoms with van der Waals surface area (Å²) < 4.78 is 19.0. The molecule has 0 unspecified atom stereocenters. The average Bonchev–Trinajstić information content (AvgIpc) is 2.49. The van der Waals surface area contributed by atoms with Crippen molar-refractivity contribution in [2.24, 2.45) is 0 Å². The molecule has 1 aromatic rings. The first-order chi connectivity index (χ1) is 10.2. The summed E-state index contributed by atoms with van der Waals surface area (Å²) in [7, 11) is 0. The molecule has 2 rings (SSSR count). The van der Waals surface area contributed by atoms with E-state index in [1.807, 2.05) is 17.0 Å². The number of ether oxygens (including phenoxy) is 1. The van der Waals surface area contributed by atoms with Crippen molar-refractivity contribution in [3.8, 4) is 0 Å². The van der Waals surface area contributed by atoms with E-state index in [2.05, 4.69) is 11.5 Å². The topological polar surface area (TPSA) is 35.9 Å². The molecule has 4 nitrogen and oxygen atoms in total. The van der Waals surface area contributed by atoms with Gasteiger partial charge in [-0.15, -0.1) is 6.58 Å². The van der Waals surface area contributed by atoms with Gasteiger partial charge in [-0.3, -0.25) is 4.90 Å². The standard InChI is InChI=1S/C16H23FN2O2/c1-2-11-21-13-14(20)12-18-7-9-19(10-8-18)16-6-4-3-5-15(16)17/h2-6,14,20H,1,7-13H2/t14-/m1/s1. The maximum Gasteiger partial charge on any atom is 0.146 e. The number of piperazine rings is 1. The van der Waals surface area contributed by atoms with Crippen LogP contribution in [0.4, 0.5) is 10.1 Å². The fraction of sp³-hybridized carbons (Fsp3) is 0.500. The number of benzene rings is 1. The molecular weight excluding hydrogens is 271 g/mol. The molecule has 1 aliphatic heterocycles. The highest BCUT2D eigenvalue weighted by Gasteiger charge is 2.20. The minimum Gasteiger partial charge on any atom is -0.389 e. The number of rotatable bonds is 7. The van der Waals surface area contributed by atoms with Crippen molar-refractivity contribution in [1.29, 1.82) is 0 Å². The molecule has 1 atom stereocenters. The second-order valence-electron chi connectivity index (χ2n) is 5.22. The summed E-state index contributed by atoms with van der Waals surface area (Å²) in [5.74, 6) is -0.177. The van der Waals surface area contributed by atoms with E-state index in [4.69, 9.17) is 4.74 Å². The van der Waals surface area contributed by atoms with Crippen LogP contribution in [0.25, 0.3) is 0 Å². The number of para-hydroxylation sites is 1. The first-order valence-corrected chi connectivity index (χ1v) is 7.29. The Morgan fingerprint density at radius 2 is 2.00 bits per heavy atom. The van der Waals surface area contributed by atoms with Gasteiger partial charge in [0.1, 0.15) is 5.82 Å². The molecule has 0 aromatic heterocycles. The van der Waals surface area contributed by atoms with Crippen molar-refractivity contribution in [1.82, 2.24) is 4.90 Å². The molecule has 1 saturated heterocycles. The fourth-order valence-corrected chi connectivity index (χ4v) is 2.52. The van der Waals surface area contributed by atoms with E-state index >= 15 is 0 Å². The highest BCUT2D eigenvalue weighted by atomic mass is 19.1. The Labute approximate surface area is 125 Å². The lowest BCUT2D eigenvalue weighted by Crippen LogP contribution is -2.49. The van der Waals surface area contributed by atoms with Gasteiger partial charge in [0.25, 0.3) is 0 Å². The molecule has 0 spiro atoms. The van der Waals surface area contributed by atoms with Gasteiger partial charge in [0.15, 0.2) is 0 Å². The lowest BCUT2D eigenvalue weighted by atomic mass is 10.2. The maximum atomic E-state index is 13.7.